The molecule has 0 aliphatic heterocycles. The average molecular weight is 311 g/mol. The number of amides is 1. The Morgan fingerprint density at radius 2 is 1.74 bits per heavy atom. The van der Waals surface area contributed by atoms with Gasteiger partial charge in [-0.3, -0.25) is 4.79 Å². The Balaban J connectivity index is 1.97. The Morgan fingerprint density at radius 3 is 2.43 bits per heavy atom. The third kappa shape index (κ3) is 4.85. The van der Waals surface area contributed by atoms with Gasteiger partial charge in [0, 0.05) is 5.69 Å². The summed E-state index contributed by atoms with van der Waals surface area (Å²) in [4.78, 5) is 12.1. The number of hydrogen-bond donors (Lipinski definition) is 1. The molecule has 1 amide bonds. The number of hydrogen-bond acceptors (Lipinski definition) is 2. The molecule has 0 saturated heterocycles. The van der Waals surface area contributed by atoms with Crippen LogP contribution < -0.4 is 10.1 Å². The monoisotopic (exact) mass is 311 g/mol. The molecule has 0 unspecified atom stereocenters. The lowest BCUT2D eigenvalue weighted by Crippen LogP contribution is -2.21. The van der Waals surface area contributed by atoms with Crippen LogP contribution in [0.2, 0.25) is 0 Å². The van der Waals surface area contributed by atoms with Crippen LogP contribution in [0.5, 0.6) is 5.75 Å². The van der Waals surface area contributed by atoms with E-state index >= 15 is 0 Å². The summed E-state index contributed by atoms with van der Waals surface area (Å²) in [6.45, 7) is 8.50. The highest BCUT2D eigenvalue weighted by Gasteiger charge is 2.10. The molecule has 0 saturated carbocycles. The molecule has 3 heteroatoms. The van der Waals surface area contributed by atoms with E-state index in [-0.39, 0.29) is 12.5 Å². The molecular weight excluding hydrogens is 286 g/mol. The van der Waals surface area contributed by atoms with Crippen molar-refractivity contribution in [1.29, 1.82) is 0 Å². The number of benzene rings is 2. The molecule has 0 aliphatic rings. The Hall–Kier alpha value is -2.29. The highest BCUT2D eigenvalue weighted by Crippen LogP contribution is 2.24. The molecule has 122 valence electrons. The molecule has 0 fully saturated rings. The molecule has 0 atom stereocenters. The first kappa shape index (κ1) is 17.1. The van der Waals surface area contributed by atoms with E-state index in [0.717, 1.165) is 17.0 Å². The van der Waals surface area contributed by atoms with Crippen LogP contribution in [0.4, 0.5) is 5.69 Å². The molecule has 0 heterocycles. The van der Waals surface area contributed by atoms with E-state index in [1.807, 2.05) is 42.5 Å². The van der Waals surface area contributed by atoms with Gasteiger partial charge in [-0.15, -0.1) is 0 Å². The lowest BCUT2D eigenvalue weighted by Gasteiger charge is -2.14. The molecule has 23 heavy (non-hydrogen) atoms. The third-order valence-corrected chi connectivity index (χ3v) is 3.75. The van der Waals surface area contributed by atoms with Gasteiger partial charge in [0.15, 0.2) is 6.61 Å². The van der Waals surface area contributed by atoms with Crippen LogP contribution >= 0.6 is 0 Å². The van der Waals surface area contributed by atoms with Gasteiger partial charge in [0.2, 0.25) is 0 Å². The predicted molar refractivity (Wildman–Crippen MR) is 95.2 cm³/mol. The van der Waals surface area contributed by atoms with Gasteiger partial charge in [0.1, 0.15) is 5.75 Å². The van der Waals surface area contributed by atoms with Crippen molar-refractivity contribution in [3.8, 4) is 5.75 Å². The fourth-order valence-corrected chi connectivity index (χ4v) is 2.41. The molecule has 0 bridgehead atoms. The van der Waals surface area contributed by atoms with Gasteiger partial charge in [-0.2, -0.15) is 0 Å². The third-order valence-electron chi connectivity index (χ3n) is 3.75. The van der Waals surface area contributed by atoms with E-state index in [1.165, 1.54) is 5.56 Å². The van der Waals surface area contributed by atoms with E-state index in [1.54, 1.807) is 0 Å². The van der Waals surface area contributed by atoms with E-state index in [0.29, 0.717) is 11.8 Å². The summed E-state index contributed by atoms with van der Waals surface area (Å²) in [5.41, 5.74) is 3.18. The quantitative estimate of drug-likeness (QED) is 0.819. The number of rotatable bonds is 6. The number of para-hydroxylation sites is 1. The van der Waals surface area contributed by atoms with Gasteiger partial charge in [0.05, 0.1) is 0 Å². The Morgan fingerprint density at radius 1 is 1.00 bits per heavy atom. The van der Waals surface area contributed by atoms with Crippen molar-refractivity contribution < 1.29 is 9.53 Å². The summed E-state index contributed by atoms with van der Waals surface area (Å²) in [6, 6.07) is 15.8. The van der Waals surface area contributed by atoms with Gasteiger partial charge >= 0.3 is 0 Å². The molecule has 0 spiro atoms. The zero-order valence-electron chi connectivity index (χ0n) is 14.3. The van der Waals surface area contributed by atoms with Crippen LogP contribution in [0.25, 0.3) is 0 Å². The molecule has 2 aromatic carbocycles. The van der Waals surface area contributed by atoms with Crippen molar-refractivity contribution >= 4 is 11.6 Å². The Bertz CT molecular complexity index is 662. The molecule has 0 radical (unpaired) electrons. The molecule has 0 aromatic heterocycles. The predicted octanol–water partition coefficient (Wildman–Crippen LogP) is 4.95. The molecule has 2 rings (SSSR count). The van der Waals surface area contributed by atoms with Gasteiger partial charge < -0.3 is 10.1 Å². The minimum atomic E-state index is -0.145. The summed E-state index contributed by atoms with van der Waals surface area (Å²) in [7, 11) is 0. The van der Waals surface area contributed by atoms with Crippen molar-refractivity contribution in [2.24, 2.45) is 0 Å². The van der Waals surface area contributed by atoms with E-state index < -0.39 is 0 Å². The SMILES string of the molecule is CC(C)c1cccc(OCC(=O)Nc2ccccc2C(C)C)c1. The van der Waals surface area contributed by atoms with Crippen molar-refractivity contribution in [1.82, 2.24) is 0 Å². The second-order valence-corrected chi connectivity index (χ2v) is 6.31. The second kappa shape index (κ2) is 7.82. The highest BCUT2D eigenvalue weighted by molar-refractivity contribution is 5.92. The van der Waals surface area contributed by atoms with Crippen LogP contribution in [0.3, 0.4) is 0 Å². The van der Waals surface area contributed by atoms with E-state index in [2.05, 4.69) is 39.1 Å². The number of ether oxygens (including phenoxy) is 1. The van der Waals surface area contributed by atoms with Gasteiger partial charge in [0.25, 0.3) is 5.91 Å². The van der Waals surface area contributed by atoms with Gasteiger partial charge in [-0.05, 0) is 41.2 Å². The highest BCUT2D eigenvalue weighted by atomic mass is 16.5. The maximum atomic E-state index is 12.1. The maximum Gasteiger partial charge on any atom is 0.262 e. The first-order chi connectivity index (χ1) is 11.0. The number of carbonyl (C=O) groups excluding carboxylic acids is 1. The van der Waals surface area contributed by atoms with Crippen molar-refractivity contribution in [3.05, 3.63) is 59.7 Å². The number of carbonyl (C=O) groups is 1. The van der Waals surface area contributed by atoms with Crippen molar-refractivity contribution in [2.45, 2.75) is 39.5 Å². The minimum Gasteiger partial charge on any atom is -0.484 e. The largest absolute Gasteiger partial charge is 0.484 e. The standard InChI is InChI=1S/C20H25NO2/c1-14(2)16-8-7-9-17(12-16)23-13-20(22)21-19-11-6-5-10-18(19)15(3)4/h5-12,14-15H,13H2,1-4H3,(H,21,22). The summed E-state index contributed by atoms with van der Waals surface area (Å²) >= 11 is 0. The van der Waals surface area contributed by atoms with Crippen LogP contribution in [-0.4, -0.2) is 12.5 Å². The zero-order chi connectivity index (χ0) is 16.8. The molecule has 3 nitrogen and oxygen atoms in total. The lowest BCUT2D eigenvalue weighted by molar-refractivity contribution is -0.118. The second-order valence-electron chi connectivity index (χ2n) is 6.31. The number of anilines is 1. The van der Waals surface area contributed by atoms with Crippen LogP contribution in [-0.2, 0) is 4.79 Å². The summed E-state index contributed by atoms with van der Waals surface area (Å²) in [6.07, 6.45) is 0. The summed E-state index contributed by atoms with van der Waals surface area (Å²) in [5, 5.41) is 2.94. The minimum absolute atomic E-state index is 0.00791. The van der Waals surface area contributed by atoms with Gasteiger partial charge in [-0.1, -0.05) is 58.0 Å². The van der Waals surface area contributed by atoms with Crippen molar-refractivity contribution in [2.75, 3.05) is 11.9 Å². The van der Waals surface area contributed by atoms with E-state index in [4.69, 9.17) is 4.74 Å². The average Bonchev–Trinajstić information content (AvgIpc) is 2.53. The molecule has 0 aliphatic carbocycles. The fourth-order valence-electron chi connectivity index (χ4n) is 2.41. The zero-order valence-corrected chi connectivity index (χ0v) is 14.3. The lowest BCUT2D eigenvalue weighted by atomic mass is 10.0. The van der Waals surface area contributed by atoms with E-state index in [9.17, 15) is 4.79 Å². The van der Waals surface area contributed by atoms with Crippen LogP contribution in [0, 0.1) is 0 Å². The fraction of sp³-hybridized carbons (Fsp3) is 0.350. The number of nitrogens with one attached hydrogen (secondary N) is 1. The smallest absolute Gasteiger partial charge is 0.262 e. The van der Waals surface area contributed by atoms with Crippen molar-refractivity contribution in [3.63, 3.8) is 0 Å². The Kier molecular flexibility index (Phi) is 5.80. The first-order valence-electron chi connectivity index (χ1n) is 8.09. The van der Waals surface area contributed by atoms with Crippen LogP contribution in [0.15, 0.2) is 48.5 Å². The normalized spacial score (nSPS) is 10.9. The molecular formula is C20H25NO2. The Labute approximate surface area is 138 Å². The summed E-state index contributed by atoms with van der Waals surface area (Å²) < 4.78 is 5.62. The first-order valence-corrected chi connectivity index (χ1v) is 8.09. The van der Waals surface area contributed by atoms with Gasteiger partial charge in [-0.25, -0.2) is 0 Å². The van der Waals surface area contributed by atoms with Crippen LogP contribution in [0.1, 0.15) is 50.7 Å². The summed E-state index contributed by atoms with van der Waals surface area (Å²) in [5.74, 6) is 1.37. The topological polar surface area (TPSA) is 38.3 Å². The molecule has 2 aromatic rings. The molecule has 1 N–H and O–H groups in total. The maximum absolute atomic E-state index is 12.1.